The minimum atomic E-state index is 0.406. The molecule has 1 aromatic heterocycles. The second kappa shape index (κ2) is 6.26. The van der Waals surface area contributed by atoms with Gasteiger partial charge in [-0.05, 0) is 29.3 Å². The van der Waals surface area contributed by atoms with Crippen molar-refractivity contribution in [3.8, 4) is 22.5 Å². The van der Waals surface area contributed by atoms with Gasteiger partial charge in [-0.1, -0.05) is 43.3 Å². The molecule has 0 N–H and O–H groups in total. The third-order valence-electron chi connectivity index (χ3n) is 3.60. The number of benzene rings is 2. The van der Waals surface area contributed by atoms with Crippen LogP contribution in [0.1, 0.15) is 12.5 Å². The highest BCUT2D eigenvalue weighted by molar-refractivity contribution is 5.79. The molecular weight excluding hydrogens is 274 g/mol. The van der Waals surface area contributed by atoms with E-state index in [0.717, 1.165) is 28.9 Å². The zero-order valence-electron chi connectivity index (χ0n) is 12.2. The number of hydrogen-bond acceptors (Lipinski definition) is 4. The molecule has 4 heteroatoms. The summed E-state index contributed by atoms with van der Waals surface area (Å²) in [6, 6.07) is 15.3. The Balaban J connectivity index is 2.15. The molecule has 0 aliphatic heterocycles. The lowest BCUT2D eigenvalue weighted by Crippen LogP contribution is -1.95. The molecule has 0 saturated heterocycles. The smallest absolute Gasteiger partial charge is 0.108 e. The number of hydrogen-bond donors (Lipinski definition) is 0. The molecule has 0 bridgehead atoms. The van der Waals surface area contributed by atoms with E-state index >= 15 is 0 Å². The summed E-state index contributed by atoms with van der Waals surface area (Å²) in [7, 11) is 0. The summed E-state index contributed by atoms with van der Waals surface area (Å²) in [4.78, 5) is 19.6. The third kappa shape index (κ3) is 2.63. The van der Waals surface area contributed by atoms with Crippen LogP contribution in [0.2, 0.25) is 0 Å². The molecule has 0 fully saturated rings. The molecule has 1 heterocycles. The van der Waals surface area contributed by atoms with Crippen molar-refractivity contribution in [2.75, 3.05) is 0 Å². The van der Waals surface area contributed by atoms with E-state index in [0.29, 0.717) is 5.69 Å². The first kappa shape index (κ1) is 14.1. The molecule has 0 atom stereocenters. The van der Waals surface area contributed by atoms with E-state index in [2.05, 4.69) is 34.2 Å². The van der Waals surface area contributed by atoms with Crippen molar-refractivity contribution < 1.29 is 0 Å². The van der Waals surface area contributed by atoms with E-state index in [-0.39, 0.29) is 0 Å². The quantitative estimate of drug-likeness (QED) is 0.650. The van der Waals surface area contributed by atoms with Crippen LogP contribution in [0.25, 0.3) is 22.5 Å². The molecule has 4 nitrogen and oxygen atoms in total. The molecule has 0 saturated carbocycles. The SMILES string of the molecule is CCc1ccccc1-c1nccnc1-c1ccc(N=O)cc1. The van der Waals surface area contributed by atoms with Gasteiger partial charge in [-0.3, -0.25) is 9.97 Å². The van der Waals surface area contributed by atoms with Gasteiger partial charge in [-0.2, -0.15) is 0 Å². The summed E-state index contributed by atoms with van der Waals surface area (Å²) in [5, 5.41) is 2.93. The Kier molecular flexibility index (Phi) is 4.01. The van der Waals surface area contributed by atoms with E-state index < -0.39 is 0 Å². The van der Waals surface area contributed by atoms with Gasteiger partial charge >= 0.3 is 0 Å². The number of rotatable bonds is 4. The van der Waals surface area contributed by atoms with Gasteiger partial charge < -0.3 is 0 Å². The summed E-state index contributed by atoms with van der Waals surface area (Å²) in [6.07, 6.45) is 4.31. The van der Waals surface area contributed by atoms with Gasteiger partial charge in [0.15, 0.2) is 0 Å². The Hall–Kier alpha value is -2.88. The fourth-order valence-corrected chi connectivity index (χ4v) is 2.49. The van der Waals surface area contributed by atoms with Gasteiger partial charge in [-0.15, -0.1) is 4.91 Å². The maximum absolute atomic E-state index is 10.5. The Morgan fingerprint density at radius 2 is 1.59 bits per heavy atom. The number of nitroso groups, excluding NO2 is 1. The summed E-state index contributed by atoms with van der Waals surface area (Å²) < 4.78 is 0. The van der Waals surface area contributed by atoms with Crippen molar-refractivity contribution in [1.82, 2.24) is 9.97 Å². The highest BCUT2D eigenvalue weighted by Crippen LogP contribution is 2.31. The van der Waals surface area contributed by atoms with Crippen LogP contribution in [-0.2, 0) is 6.42 Å². The highest BCUT2D eigenvalue weighted by atomic mass is 16.3. The molecule has 2 aromatic carbocycles. The van der Waals surface area contributed by atoms with Crippen molar-refractivity contribution in [3.05, 3.63) is 71.4 Å². The lowest BCUT2D eigenvalue weighted by molar-refractivity contribution is 1.13. The zero-order valence-corrected chi connectivity index (χ0v) is 12.2. The van der Waals surface area contributed by atoms with Crippen molar-refractivity contribution >= 4 is 5.69 Å². The standard InChI is InChI=1S/C18H15N3O/c1-2-13-5-3-4-6-16(13)18-17(19-11-12-20-18)14-7-9-15(21-22)10-8-14/h3-12H,2H2,1H3. The molecule has 0 amide bonds. The van der Waals surface area contributed by atoms with E-state index in [1.807, 2.05) is 24.3 Å². The molecule has 3 rings (SSSR count). The van der Waals surface area contributed by atoms with E-state index in [1.54, 1.807) is 24.5 Å². The first-order valence-corrected chi connectivity index (χ1v) is 7.16. The van der Waals surface area contributed by atoms with Crippen LogP contribution >= 0.6 is 0 Å². The average molecular weight is 289 g/mol. The molecule has 0 unspecified atom stereocenters. The molecule has 0 spiro atoms. The molecule has 3 aromatic rings. The molecule has 108 valence electrons. The number of aryl methyl sites for hydroxylation is 1. The first-order chi connectivity index (χ1) is 10.8. The second-order valence-corrected chi connectivity index (χ2v) is 4.90. The molecule has 0 radical (unpaired) electrons. The minimum absolute atomic E-state index is 0.406. The second-order valence-electron chi connectivity index (χ2n) is 4.90. The first-order valence-electron chi connectivity index (χ1n) is 7.16. The number of nitrogens with zero attached hydrogens (tertiary/aromatic N) is 3. The van der Waals surface area contributed by atoms with Gasteiger partial charge in [0.2, 0.25) is 0 Å². The third-order valence-corrected chi connectivity index (χ3v) is 3.60. The Morgan fingerprint density at radius 1 is 0.909 bits per heavy atom. The van der Waals surface area contributed by atoms with Gasteiger partial charge in [0.1, 0.15) is 5.69 Å². The largest absolute Gasteiger partial charge is 0.252 e. The minimum Gasteiger partial charge on any atom is -0.252 e. The summed E-state index contributed by atoms with van der Waals surface area (Å²) >= 11 is 0. The van der Waals surface area contributed by atoms with Crippen LogP contribution < -0.4 is 0 Å². The van der Waals surface area contributed by atoms with Gasteiger partial charge in [-0.25, -0.2) is 0 Å². The van der Waals surface area contributed by atoms with Crippen LogP contribution in [0, 0.1) is 4.91 Å². The highest BCUT2D eigenvalue weighted by Gasteiger charge is 2.12. The van der Waals surface area contributed by atoms with Crippen LogP contribution in [-0.4, -0.2) is 9.97 Å². The summed E-state index contributed by atoms with van der Waals surface area (Å²) in [5.41, 5.74) is 5.30. The average Bonchev–Trinajstić information content (AvgIpc) is 2.62. The maximum atomic E-state index is 10.5. The van der Waals surface area contributed by atoms with E-state index in [9.17, 15) is 4.91 Å². The molecule has 0 aliphatic rings. The fraction of sp³-hybridized carbons (Fsp3) is 0.111. The van der Waals surface area contributed by atoms with Crippen molar-refractivity contribution in [2.24, 2.45) is 5.18 Å². The van der Waals surface area contributed by atoms with Crippen LogP contribution in [0.5, 0.6) is 0 Å². The monoisotopic (exact) mass is 289 g/mol. The number of aromatic nitrogens is 2. The van der Waals surface area contributed by atoms with Crippen molar-refractivity contribution in [1.29, 1.82) is 0 Å². The zero-order chi connectivity index (χ0) is 15.4. The Bertz CT molecular complexity index is 797. The molecule has 0 aliphatic carbocycles. The maximum Gasteiger partial charge on any atom is 0.108 e. The van der Waals surface area contributed by atoms with Crippen LogP contribution in [0.15, 0.2) is 66.1 Å². The van der Waals surface area contributed by atoms with Crippen LogP contribution in [0.4, 0.5) is 5.69 Å². The molecule has 22 heavy (non-hydrogen) atoms. The van der Waals surface area contributed by atoms with E-state index in [4.69, 9.17) is 0 Å². The predicted octanol–water partition coefficient (Wildman–Crippen LogP) is 4.77. The van der Waals surface area contributed by atoms with E-state index in [1.165, 1.54) is 5.56 Å². The normalized spacial score (nSPS) is 10.4. The Labute approximate surface area is 128 Å². The molecular formula is C18H15N3O. The van der Waals surface area contributed by atoms with Gasteiger partial charge in [0.05, 0.1) is 11.4 Å². The van der Waals surface area contributed by atoms with Crippen molar-refractivity contribution in [3.63, 3.8) is 0 Å². The lowest BCUT2D eigenvalue weighted by Gasteiger charge is -2.11. The van der Waals surface area contributed by atoms with Gasteiger partial charge in [0, 0.05) is 23.5 Å². The summed E-state index contributed by atoms with van der Waals surface area (Å²) in [6.45, 7) is 2.12. The Morgan fingerprint density at radius 3 is 2.27 bits per heavy atom. The van der Waals surface area contributed by atoms with Crippen LogP contribution in [0.3, 0.4) is 0 Å². The van der Waals surface area contributed by atoms with Crippen molar-refractivity contribution in [2.45, 2.75) is 13.3 Å². The predicted molar refractivity (Wildman–Crippen MR) is 87.7 cm³/mol. The lowest BCUT2D eigenvalue weighted by atomic mass is 9.98. The van der Waals surface area contributed by atoms with Gasteiger partial charge in [0.25, 0.3) is 0 Å². The topological polar surface area (TPSA) is 55.2 Å². The summed E-state index contributed by atoms with van der Waals surface area (Å²) in [5.74, 6) is 0. The fourth-order valence-electron chi connectivity index (χ4n) is 2.49.